The van der Waals surface area contributed by atoms with Crippen molar-refractivity contribution in [2.24, 2.45) is 5.73 Å². The van der Waals surface area contributed by atoms with Gasteiger partial charge in [0.2, 0.25) is 5.01 Å². The molecule has 0 amide bonds. The van der Waals surface area contributed by atoms with Crippen molar-refractivity contribution in [1.29, 1.82) is 0 Å². The Balaban J connectivity index is 2.64. The van der Waals surface area contributed by atoms with Gasteiger partial charge in [0.25, 0.3) is 0 Å². The highest BCUT2D eigenvalue weighted by Gasteiger charge is 2.06. The van der Waals surface area contributed by atoms with Gasteiger partial charge in [0.15, 0.2) is 0 Å². The lowest BCUT2D eigenvalue weighted by Gasteiger charge is -1.84. The average Bonchev–Trinajstić information content (AvgIpc) is 2.53. The number of carbonyl (C=O) groups is 1. The Bertz CT molecular complexity index is 320. The first-order valence-corrected chi connectivity index (χ1v) is 4.67. The lowest BCUT2D eigenvalue weighted by Crippen LogP contribution is -1.95. The number of thiazole rings is 1. The number of aromatic carboxylic acids is 1. The lowest BCUT2D eigenvalue weighted by atomic mass is 10.3. The maximum atomic E-state index is 10.4. The molecule has 0 aromatic carbocycles. The van der Waals surface area contributed by atoms with Gasteiger partial charge < -0.3 is 10.8 Å². The first kappa shape index (κ1) is 9.88. The standard InChI is InChI=1S/C8H10N2O2S/c9-4-2-1-3-6-5-13-7(10-6)8(11)12/h1,3,5H,2,4,9H2,(H,11,12). The van der Waals surface area contributed by atoms with Crippen LogP contribution in [0.5, 0.6) is 0 Å². The van der Waals surface area contributed by atoms with Crippen molar-refractivity contribution in [3.8, 4) is 0 Å². The fraction of sp³-hybridized carbons (Fsp3) is 0.250. The van der Waals surface area contributed by atoms with Crippen molar-refractivity contribution in [3.63, 3.8) is 0 Å². The van der Waals surface area contributed by atoms with E-state index in [9.17, 15) is 4.79 Å². The second-order valence-corrected chi connectivity index (χ2v) is 3.22. The van der Waals surface area contributed by atoms with E-state index in [4.69, 9.17) is 10.8 Å². The molecule has 1 heterocycles. The molecular formula is C8H10N2O2S. The van der Waals surface area contributed by atoms with Crippen molar-refractivity contribution in [3.05, 3.63) is 22.2 Å². The van der Waals surface area contributed by atoms with Crippen LogP contribution in [0.3, 0.4) is 0 Å². The molecule has 0 unspecified atom stereocenters. The Labute approximate surface area is 79.7 Å². The van der Waals surface area contributed by atoms with Gasteiger partial charge in [0.05, 0.1) is 5.69 Å². The number of hydrogen-bond acceptors (Lipinski definition) is 4. The van der Waals surface area contributed by atoms with E-state index in [1.807, 2.05) is 6.08 Å². The first-order valence-electron chi connectivity index (χ1n) is 3.79. The molecule has 0 saturated carbocycles. The third-order valence-corrected chi connectivity index (χ3v) is 2.18. The summed E-state index contributed by atoms with van der Waals surface area (Å²) in [6.07, 6.45) is 4.43. The largest absolute Gasteiger partial charge is 0.476 e. The number of aromatic nitrogens is 1. The Morgan fingerprint density at radius 1 is 1.77 bits per heavy atom. The summed E-state index contributed by atoms with van der Waals surface area (Å²) in [6.45, 7) is 0.590. The maximum absolute atomic E-state index is 10.4. The molecule has 4 nitrogen and oxygen atoms in total. The summed E-state index contributed by atoms with van der Waals surface area (Å²) in [4.78, 5) is 14.3. The second kappa shape index (κ2) is 4.74. The highest BCUT2D eigenvalue weighted by Crippen LogP contribution is 2.10. The molecule has 0 saturated heterocycles. The van der Waals surface area contributed by atoms with Crippen LogP contribution in [-0.4, -0.2) is 22.6 Å². The van der Waals surface area contributed by atoms with Crippen molar-refractivity contribution >= 4 is 23.4 Å². The van der Waals surface area contributed by atoms with E-state index in [0.717, 1.165) is 17.8 Å². The van der Waals surface area contributed by atoms with E-state index in [1.54, 1.807) is 11.5 Å². The van der Waals surface area contributed by atoms with Gasteiger partial charge in [0, 0.05) is 5.38 Å². The molecule has 0 aliphatic heterocycles. The lowest BCUT2D eigenvalue weighted by molar-refractivity contribution is 0.0696. The van der Waals surface area contributed by atoms with Crippen LogP contribution in [0.25, 0.3) is 6.08 Å². The van der Waals surface area contributed by atoms with E-state index in [1.165, 1.54) is 0 Å². The van der Waals surface area contributed by atoms with Gasteiger partial charge in [0.1, 0.15) is 0 Å². The summed E-state index contributed by atoms with van der Waals surface area (Å²) in [5.74, 6) is -0.983. The number of carboxylic acid groups (broad SMARTS) is 1. The molecule has 0 atom stereocenters. The number of nitrogens with two attached hydrogens (primary N) is 1. The first-order chi connectivity index (χ1) is 6.24. The van der Waals surface area contributed by atoms with Crippen molar-refractivity contribution in [2.45, 2.75) is 6.42 Å². The zero-order valence-electron chi connectivity index (χ0n) is 6.93. The molecule has 0 bridgehead atoms. The molecule has 3 N–H and O–H groups in total. The Hall–Kier alpha value is -1.20. The second-order valence-electron chi connectivity index (χ2n) is 2.36. The van der Waals surface area contributed by atoms with Gasteiger partial charge in [-0.15, -0.1) is 11.3 Å². The van der Waals surface area contributed by atoms with Gasteiger partial charge in [-0.25, -0.2) is 9.78 Å². The van der Waals surface area contributed by atoms with Crippen LogP contribution in [0.2, 0.25) is 0 Å². The van der Waals surface area contributed by atoms with Crippen molar-refractivity contribution < 1.29 is 9.90 Å². The van der Waals surface area contributed by atoms with Gasteiger partial charge >= 0.3 is 5.97 Å². The Kier molecular flexibility index (Phi) is 3.60. The minimum absolute atomic E-state index is 0.118. The molecule has 5 heteroatoms. The zero-order valence-corrected chi connectivity index (χ0v) is 7.75. The third kappa shape index (κ3) is 2.96. The highest BCUT2D eigenvalue weighted by molar-refractivity contribution is 7.11. The van der Waals surface area contributed by atoms with Crippen LogP contribution < -0.4 is 5.73 Å². The summed E-state index contributed by atoms with van der Waals surface area (Å²) in [7, 11) is 0. The molecule has 13 heavy (non-hydrogen) atoms. The minimum Gasteiger partial charge on any atom is -0.476 e. The highest BCUT2D eigenvalue weighted by atomic mass is 32.1. The van der Waals surface area contributed by atoms with E-state index in [-0.39, 0.29) is 5.01 Å². The van der Waals surface area contributed by atoms with Crippen LogP contribution in [0.1, 0.15) is 21.9 Å². The zero-order chi connectivity index (χ0) is 9.68. The fourth-order valence-electron chi connectivity index (χ4n) is 0.761. The summed E-state index contributed by atoms with van der Waals surface area (Å²) >= 11 is 1.12. The van der Waals surface area contributed by atoms with Gasteiger partial charge in [-0.05, 0) is 19.0 Å². The number of carboxylic acids is 1. The van der Waals surface area contributed by atoms with E-state index in [0.29, 0.717) is 12.2 Å². The molecule has 0 radical (unpaired) electrons. The molecule has 1 aromatic rings. The Morgan fingerprint density at radius 2 is 2.54 bits per heavy atom. The predicted molar refractivity (Wildman–Crippen MR) is 51.8 cm³/mol. The molecule has 0 aliphatic carbocycles. The van der Waals surface area contributed by atoms with Gasteiger partial charge in [-0.2, -0.15) is 0 Å². The molecule has 0 spiro atoms. The normalized spacial score (nSPS) is 10.8. The maximum Gasteiger partial charge on any atom is 0.365 e. The predicted octanol–water partition coefficient (Wildman–Crippen LogP) is 1.20. The molecular weight excluding hydrogens is 188 g/mol. The van der Waals surface area contributed by atoms with E-state index in [2.05, 4.69) is 4.98 Å². The number of hydrogen-bond donors (Lipinski definition) is 2. The molecule has 0 fully saturated rings. The molecule has 70 valence electrons. The summed E-state index contributed by atoms with van der Waals surface area (Å²) in [5, 5.41) is 10.4. The SMILES string of the molecule is NCCC=Cc1csc(C(=O)O)n1. The van der Waals surface area contributed by atoms with Crippen molar-refractivity contribution in [1.82, 2.24) is 4.98 Å². The van der Waals surface area contributed by atoms with E-state index >= 15 is 0 Å². The molecule has 1 aromatic heterocycles. The fourth-order valence-corrected chi connectivity index (χ4v) is 1.38. The van der Waals surface area contributed by atoms with Crippen LogP contribution >= 0.6 is 11.3 Å². The van der Waals surface area contributed by atoms with Crippen LogP contribution in [0, 0.1) is 0 Å². The minimum atomic E-state index is -0.983. The van der Waals surface area contributed by atoms with Crippen LogP contribution in [-0.2, 0) is 0 Å². The average molecular weight is 198 g/mol. The van der Waals surface area contributed by atoms with E-state index < -0.39 is 5.97 Å². The van der Waals surface area contributed by atoms with Crippen LogP contribution in [0.15, 0.2) is 11.5 Å². The van der Waals surface area contributed by atoms with Gasteiger partial charge in [-0.3, -0.25) is 0 Å². The quantitative estimate of drug-likeness (QED) is 0.762. The number of nitrogens with zero attached hydrogens (tertiary/aromatic N) is 1. The third-order valence-electron chi connectivity index (χ3n) is 1.33. The Morgan fingerprint density at radius 3 is 3.08 bits per heavy atom. The van der Waals surface area contributed by atoms with Crippen molar-refractivity contribution in [2.75, 3.05) is 6.54 Å². The number of rotatable bonds is 4. The smallest absolute Gasteiger partial charge is 0.365 e. The molecule has 0 aliphatic rings. The van der Waals surface area contributed by atoms with Crippen LogP contribution in [0.4, 0.5) is 0 Å². The molecule has 1 rings (SSSR count). The van der Waals surface area contributed by atoms with Gasteiger partial charge in [-0.1, -0.05) is 6.08 Å². The summed E-state index contributed by atoms with van der Waals surface area (Å²) in [5.41, 5.74) is 5.96. The summed E-state index contributed by atoms with van der Waals surface area (Å²) in [6, 6.07) is 0. The summed E-state index contributed by atoms with van der Waals surface area (Å²) < 4.78 is 0. The monoisotopic (exact) mass is 198 g/mol. The topological polar surface area (TPSA) is 76.2 Å².